The zero-order valence-corrected chi connectivity index (χ0v) is 10.3. The van der Waals surface area contributed by atoms with Gasteiger partial charge in [-0.15, -0.1) is 0 Å². The Kier molecular flexibility index (Phi) is 3.23. The topological polar surface area (TPSA) is 76.7 Å². The minimum atomic E-state index is -0.935. The van der Waals surface area contributed by atoms with E-state index in [1.54, 1.807) is 6.07 Å². The van der Waals surface area contributed by atoms with E-state index in [9.17, 15) is 4.79 Å². The third-order valence-electron chi connectivity index (χ3n) is 3.21. The molecule has 0 atom stereocenters. The van der Waals surface area contributed by atoms with Crippen LogP contribution >= 0.6 is 11.6 Å². The first-order chi connectivity index (χ1) is 8.61. The molecule has 1 aliphatic carbocycles. The SMILES string of the molecule is N#Cc1ccc(Cl)cc1NC(=O)C1(C#N)CCC1. The summed E-state index contributed by atoms with van der Waals surface area (Å²) in [5, 5.41) is 21.1. The molecule has 0 heterocycles. The Morgan fingerprint density at radius 3 is 2.61 bits per heavy atom. The molecule has 0 aliphatic heterocycles. The molecule has 0 unspecified atom stereocenters. The molecule has 1 aliphatic rings. The van der Waals surface area contributed by atoms with E-state index < -0.39 is 5.41 Å². The van der Waals surface area contributed by atoms with Crippen LogP contribution in [-0.4, -0.2) is 5.91 Å². The first kappa shape index (κ1) is 12.4. The molecular weight excluding hydrogens is 250 g/mol. The number of rotatable bonds is 2. The van der Waals surface area contributed by atoms with Gasteiger partial charge in [0.15, 0.2) is 0 Å². The lowest BCUT2D eigenvalue weighted by Crippen LogP contribution is -2.40. The van der Waals surface area contributed by atoms with Gasteiger partial charge in [-0.05, 0) is 37.5 Å². The monoisotopic (exact) mass is 259 g/mol. The molecule has 90 valence electrons. The molecule has 1 saturated carbocycles. The van der Waals surface area contributed by atoms with Gasteiger partial charge in [0.1, 0.15) is 11.5 Å². The fourth-order valence-electron chi connectivity index (χ4n) is 1.88. The van der Waals surface area contributed by atoms with Crippen molar-refractivity contribution in [2.24, 2.45) is 5.41 Å². The number of anilines is 1. The van der Waals surface area contributed by atoms with E-state index in [4.69, 9.17) is 22.1 Å². The maximum absolute atomic E-state index is 12.0. The highest BCUT2D eigenvalue weighted by molar-refractivity contribution is 6.31. The van der Waals surface area contributed by atoms with Crippen LogP contribution in [0.1, 0.15) is 24.8 Å². The molecule has 0 aromatic heterocycles. The Hall–Kier alpha value is -2.04. The molecule has 2 rings (SSSR count). The smallest absolute Gasteiger partial charge is 0.244 e. The van der Waals surface area contributed by atoms with Crippen molar-refractivity contribution in [3.8, 4) is 12.1 Å². The van der Waals surface area contributed by atoms with E-state index in [1.807, 2.05) is 6.07 Å². The predicted molar refractivity (Wildman–Crippen MR) is 66.7 cm³/mol. The molecule has 18 heavy (non-hydrogen) atoms. The average molecular weight is 260 g/mol. The molecule has 1 amide bonds. The fourth-order valence-corrected chi connectivity index (χ4v) is 2.05. The van der Waals surface area contributed by atoms with E-state index in [1.165, 1.54) is 12.1 Å². The molecule has 0 saturated heterocycles. The Morgan fingerprint density at radius 2 is 2.11 bits per heavy atom. The first-order valence-corrected chi connectivity index (χ1v) is 5.91. The van der Waals surface area contributed by atoms with Crippen LogP contribution < -0.4 is 5.32 Å². The summed E-state index contributed by atoms with van der Waals surface area (Å²) in [6.07, 6.45) is 2.01. The lowest BCUT2D eigenvalue weighted by atomic mass is 9.69. The molecule has 1 fully saturated rings. The second-order valence-corrected chi connectivity index (χ2v) is 4.74. The lowest BCUT2D eigenvalue weighted by Gasteiger charge is -2.33. The Morgan fingerprint density at radius 1 is 1.39 bits per heavy atom. The van der Waals surface area contributed by atoms with Gasteiger partial charge in [-0.3, -0.25) is 4.79 Å². The fraction of sp³-hybridized carbons (Fsp3) is 0.308. The van der Waals surface area contributed by atoms with Crippen molar-refractivity contribution < 1.29 is 4.79 Å². The van der Waals surface area contributed by atoms with Crippen LogP contribution in [0.5, 0.6) is 0 Å². The molecule has 0 bridgehead atoms. The summed E-state index contributed by atoms with van der Waals surface area (Å²) < 4.78 is 0. The van der Waals surface area contributed by atoms with Gasteiger partial charge in [-0.25, -0.2) is 0 Å². The molecule has 4 nitrogen and oxygen atoms in total. The van der Waals surface area contributed by atoms with Crippen LogP contribution in [0.4, 0.5) is 5.69 Å². The van der Waals surface area contributed by atoms with Crippen molar-refractivity contribution in [2.45, 2.75) is 19.3 Å². The molecular formula is C13H10ClN3O. The highest BCUT2D eigenvalue weighted by Crippen LogP contribution is 2.41. The number of hydrogen-bond acceptors (Lipinski definition) is 3. The predicted octanol–water partition coefficient (Wildman–Crippen LogP) is 2.84. The van der Waals surface area contributed by atoms with Crippen LogP contribution in [0.2, 0.25) is 5.02 Å². The largest absolute Gasteiger partial charge is 0.323 e. The number of nitriles is 2. The number of carbonyl (C=O) groups is 1. The summed E-state index contributed by atoms with van der Waals surface area (Å²) in [5.41, 5.74) is -0.244. The number of hydrogen-bond donors (Lipinski definition) is 1. The summed E-state index contributed by atoms with van der Waals surface area (Å²) >= 11 is 5.83. The summed E-state index contributed by atoms with van der Waals surface area (Å²) in [5.74, 6) is -0.352. The number of nitrogens with zero attached hydrogens (tertiary/aromatic N) is 2. The number of benzene rings is 1. The molecule has 1 aromatic rings. The molecule has 0 spiro atoms. The van der Waals surface area contributed by atoms with Crippen LogP contribution in [0.25, 0.3) is 0 Å². The van der Waals surface area contributed by atoms with Gasteiger partial charge >= 0.3 is 0 Å². The van der Waals surface area contributed by atoms with E-state index in [-0.39, 0.29) is 5.91 Å². The highest BCUT2D eigenvalue weighted by atomic mass is 35.5. The maximum Gasteiger partial charge on any atom is 0.244 e. The maximum atomic E-state index is 12.0. The van der Waals surface area contributed by atoms with E-state index in [2.05, 4.69) is 11.4 Å². The van der Waals surface area contributed by atoms with Crippen LogP contribution in [0, 0.1) is 28.1 Å². The van der Waals surface area contributed by atoms with E-state index in [0.717, 1.165) is 6.42 Å². The van der Waals surface area contributed by atoms with Crippen molar-refractivity contribution in [3.05, 3.63) is 28.8 Å². The normalized spacial score (nSPS) is 15.9. The second kappa shape index (κ2) is 4.68. The Balaban J connectivity index is 2.25. The lowest BCUT2D eigenvalue weighted by molar-refractivity contribution is -0.126. The summed E-state index contributed by atoms with van der Waals surface area (Å²) in [4.78, 5) is 12.0. The number of nitrogens with one attached hydrogen (secondary N) is 1. The standard InChI is InChI=1S/C13H10ClN3O/c14-10-3-2-9(7-15)11(6-10)17-12(18)13(8-16)4-1-5-13/h2-3,6H,1,4-5H2,(H,17,18). The molecule has 1 N–H and O–H groups in total. The summed E-state index contributed by atoms with van der Waals surface area (Å²) in [7, 11) is 0. The number of carbonyl (C=O) groups excluding carboxylic acids is 1. The Labute approximate surface area is 110 Å². The van der Waals surface area contributed by atoms with Crippen molar-refractivity contribution in [2.75, 3.05) is 5.32 Å². The second-order valence-electron chi connectivity index (χ2n) is 4.30. The molecule has 0 radical (unpaired) electrons. The van der Waals surface area contributed by atoms with Crippen LogP contribution in [0.15, 0.2) is 18.2 Å². The zero-order chi connectivity index (χ0) is 13.2. The van der Waals surface area contributed by atoms with Gasteiger partial charge < -0.3 is 5.32 Å². The van der Waals surface area contributed by atoms with Crippen LogP contribution in [-0.2, 0) is 4.79 Å². The number of halogens is 1. The minimum Gasteiger partial charge on any atom is -0.323 e. The van der Waals surface area contributed by atoms with Crippen LogP contribution in [0.3, 0.4) is 0 Å². The quantitative estimate of drug-likeness (QED) is 0.887. The van der Waals surface area contributed by atoms with Crippen molar-refractivity contribution in [3.63, 3.8) is 0 Å². The third-order valence-corrected chi connectivity index (χ3v) is 3.44. The van der Waals surface area contributed by atoms with E-state index >= 15 is 0 Å². The van der Waals surface area contributed by atoms with Gasteiger partial charge in [0.2, 0.25) is 5.91 Å². The summed E-state index contributed by atoms with van der Waals surface area (Å²) in [6, 6.07) is 8.67. The average Bonchev–Trinajstić information content (AvgIpc) is 2.28. The zero-order valence-electron chi connectivity index (χ0n) is 9.53. The van der Waals surface area contributed by atoms with Gasteiger partial charge in [-0.2, -0.15) is 10.5 Å². The highest BCUT2D eigenvalue weighted by Gasteiger charge is 2.44. The first-order valence-electron chi connectivity index (χ1n) is 5.54. The van der Waals surface area contributed by atoms with Gasteiger partial charge in [0.05, 0.1) is 17.3 Å². The third kappa shape index (κ3) is 2.03. The van der Waals surface area contributed by atoms with Gasteiger partial charge in [0.25, 0.3) is 0 Å². The minimum absolute atomic E-state index is 0.333. The summed E-state index contributed by atoms with van der Waals surface area (Å²) in [6.45, 7) is 0. The van der Waals surface area contributed by atoms with Crippen molar-refractivity contribution >= 4 is 23.2 Å². The van der Waals surface area contributed by atoms with Crippen molar-refractivity contribution in [1.29, 1.82) is 10.5 Å². The number of amides is 1. The van der Waals surface area contributed by atoms with Gasteiger partial charge in [0, 0.05) is 5.02 Å². The molecule has 5 heteroatoms. The Bertz CT molecular complexity index is 579. The van der Waals surface area contributed by atoms with Crippen molar-refractivity contribution in [1.82, 2.24) is 0 Å². The van der Waals surface area contributed by atoms with Gasteiger partial charge in [-0.1, -0.05) is 11.6 Å². The van der Waals surface area contributed by atoms with E-state index in [0.29, 0.717) is 29.1 Å². The molecule has 1 aromatic carbocycles.